The van der Waals surface area contributed by atoms with Crippen LogP contribution in [0.1, 0.15) is 137 Å². The van der Waals surface area contributed by atoms with Crippen molar-refractivity contribution < 1.29 is 9.53 Å². The first kappa shape index (κ1) is 26.5. The zero-order valence-corrected chi connectivity index (χ0v) is 19.4. The summed E-state index contributed by atoms with van der Waals surface area (Å²) >= 11 is 0. The van der Waals surface area contributed by atoms with Gasteiger partial charge in [-0.2, -0.15) is 0 Å². The van der Waals surface area contributed by atoms with Crippen molar-refractivity contribution in [3.63, 3.8) is 0 Å². The Morgan fingerprint density at radius 2 is 1.15 bits per heavy atom. The average molecular weight is 383 g/mol. The van der Waals surface area contributed by atoms with Crippen LogP contribution in [0.5, 0.6) is 0 Å². The average Bonchev–Trinajstić information content (AvgIpc) is 2.56. The summed E-state index contributed by atoms with van der Waals surface area (Å²) in [5.41, 5.74) is 0.286. The molecule has 27 heavy (non-hydrogen) atoms. The van der Waals surface area contributed by atoms with Crippen molar-refractivity contribution in [2.75, 3.05) is 6.61 Å². The second-order valence-corrected chi connectivity index (χ2v) is 9.89. The van der Waals surface area contributed by atoms with Crippen LogP contribution in [-0.2, 0) is 9.53 Å². The van der Waals surface area contributed by atoms with Crippen LogP contribution in [0.25, 0.3) is 0 Å². The molecule has 2 nitrogen and oxygen atoms in total. The van der Waals surface area contributed by atoms with E-state index in [1.807, 2.05) is 0 Å². The van der Waals surface area contributed by atoms with Crippen molar-refractivity contribution in [3.8, 4) is 0 Å². The predicted octanol–water partition coefficient (Wildman–Crippen LogP) is 8.47. The highest BCUT2D eigenvalue weighted by Crippen LogP contribution is 2.26. The van der Waals surface area contributed by atoms with Crippen LogP contribution in [0.15, 0.2) is 0 Å². The van der Waals surface area contributed by atoms with Crippen LogP contribution < -0.4 is 0 Å². The zero-order chi connectivity index (χ0) is 20.4. The van der Waals surface area contributed by atoms with E-state index in [0.717, 1.165) is 12.8 Å². The molecular weight excluding hydrogens is 332 g/mol. The predicted molar refractivity (Wildman–Crippen MR) is 119 cm³/mol. The zero-order valence-electron chi connectivity index (χ0n) is 19.4. The molecule has 0 aliphatic heterocycles. The van der Waals surface area contributed by atoms with Crippen molar-refractivity contribution in [2.24, 2.45) is 11.3 Å². The van der Waals surface area contributed by atoms with Crippen LogP contribution in [0, 0.1) is 11.3 Å². The van der Waals surface area contributed by atoms with E-state index in [1.165, 1.54) is 83.5 Å². The standard InChI is InChI=1S/C25H50O2/c1-6-7-8-9-10-11-12-13-14-15-16-17-18-19-20-27-24(26)21-23(2)22-25(3,4)5/h23H,6-22H2,1-5H3. The van der Waals surface area contributed by atoms with Gasteiger partial charge in [-0.3, -0.25) is 4.79 Å². The van der Waals surface area contributed by atoms with Crippen LogP contribution in [0.4, 0.5) is 0 Å². The molecular formula is C25H50O2. The minimum absolute atomic E-state index is 0.0126. The van der Waals surface area contributed by atoms with Gasteiger partial charge in [-0.25, -0.2) is 0 Å². The van der Waals surface area contributed by atoms with Gasteiger partial charge in [0, 0.05) is 6.42 Å². The van der Waals surface area contributed by atoms with E-state index in [0.29, 0.717) is 18.9 Å². The molecule has 0 amide bonds. The summed E-state index contributed by atoms with van der Waals surface area (Å²) in [6, 6.07) is 0. The number of esters is 1. The van der Waals surface area contributed by atoms with Crippen molar-refractivity contribution in [3.05, 3.63) is 0 Å². The summed E-state index contributed by atoms with van der Waals surface area (Å²) in [4.78, 5) is 11.9. The molecule has 0 aliphatic carbocycles. The molecule has 1 atom stereocenters. The van der Waals surface area contributed by atoms with Gasteiger partial charge in [0.15, 0.2) is 0 Å². The van der Waals surface area contributed by atoms with Crippen LogP contribution in [0.3, 0.4) is 0 Å². The first-order valence-electron chi connectivity index (χ1n) is 12.0. The van der Waals surface area contributed by atoms with Crippen LogP contribution in [-0.4, -0.2) is 12.6 Å². The molecule has 0 aromatic carbocycles. The normalized spacial score (nSPS) is 12.9. The van der Waals surface area contributed by atoms with Crippen molar-refractivity contribution in [1.29, 1.82) is 0 Å². The third-order valence-corrected chi connectivity index (χ3v) is 5.24. The summed E-state index contributed by atoms with van der Waals surface area (Å²) in [5, 5.41) is 0. The Morgan fingerprint density at radius 3 is 1.56 bits per heavy atom. The number of rotatable bonds is 18. The van der Waals surface area contributed by atoms with E-state index in [4.69, 9.17) is 4.74 Å². The first-order valence-corrected chi connectivity index (χ1v) is 12.0. The maximum Gasteiger partial charge on any atom is 0.306 e. The van der Waals surface area contributed by atoms with Crippen molar-refractivity contribution in [1.82, 2.24) is 0 Å². The fraction of sp³-hybridized carbons (Fsp3) is 0.960. The Bertz CT molecular complexity index is 330. The lowest BCUT2D eigenvalue weighted by atomic mass is 9.84. The van der Waals surface area contributed by atoms with E-state index < -0.39 is 0 Å². The Kier molecular flexibility index (Phi) is 17.2. The monoisotopic (exact) mass is 382 g/mol. The number of hydrogen-bond donors (Lipinski definition) is 0. The quantitative estimate of drug-likeness (QED) is 0.175. The molecule has 0 rings (SSSR count). The van der Waals surface area contributed by atoms with E-state index in [1.54, 1.807) is 0 Å². The molecule has 1 unspecified atom stereocenters. The molecule has 0 aliphatic rings. The highest BCUT2D eigenvalue weighted by molar-refractivity contribution is 5.69. The minimum atomic E-state index is -0.0126. The molecule has 0 aromatic heterocycles. The first-order chi connectivity index (χ1) is 12.8. The van der Waals surface area contributed by atoms with E-state index in [9.17, 15) is 4.79 Å². The molecule has 0 spiro atoms. The fourth-order valence-electron chi connectivity index (χ4n) is 3.94. The lowest BCUT2D eigenvalue weighted by Gasteiger charge is -2.22. The lowest BCUT2D eigenvalue weighted by molar-refractivity contribution is -0.144. The molecule has 0 saturated heterocycles. The Balaban J connectivity index is 3.27. The SMILES string of the molecule is CCCCCCCCCCCCCCCCOC(=O)CC(C)CC(C)(C)C. The highest BCUT2D eigenvalue weighted by atomic mass is 16.5. The topological polar surface area (TPSA) is 26.3 Å². The second-order valence-electron chi connectivity index (χ2n) is 9.89. The molecule has 2 heteroatoms. The number of carbonyl (C=O) groups excluding carboxylic acids is 1. The van der Waals surface area contributed by atoms with Crippen molar-refractivity contribution >= 4 is 5.97 Å². The van der Waals surface area contributed by atoms with E-state index in [2.05, 4.69) is 34.6 Å². The van der Waals surface area contributed by atoms with E-state index >= 15 is 0 Å². The smallest absolute Gasteiger partial charge is 0.306 e. The third kappa shape index (κ3) is 21.6. The maximum absolute atomic E-state index is 11.9. The molecule has 0 fully saturated rings. The third-order valence-electron chi connectivity index (χ3n) is 5.24. The van der Waals surface area contributed by atoms with Crippen LogP contribution >= 0.6 is 0 Å². The second kappa shape index (κ2) is 17.6. The molecule has 0 bridgehead atoms. The number of unbranched alkanes of at least 4 members (excludes halogenated alkanes) is 13. The Morgan fingerprint density at radius 1 is 0.741 bits per heavy atom. The summed E-state index contributed by atoms with van der Waals surface area (Å²) in [6.07, 6.45) is 20.6. The van der Waals surface area contributed by atoms with Crippen molar-refractivity contribution in [2.45, 2.75) is 137 Å². The van der Waals surface area contributed by atoms with Gasteiger partial charge in [0.25, 0.3) is 0 Å². The van der Waals surface area contributed by atoms with Gasteiger partial charge in [0.05, 0.1) is 6.61 Å². The summed E-state index contributed by atoms with van der Waals surface area (Å²) in [5.74, 6) is 0.398. The van der Waals surface area contributed by atoms with Gasteiger partial charge in [0.2, 0.25) is 0 Å². The molecule has 0 heterocycles. The highest BCUT2D eigenvalue weighted by Gasteiger charge is 2.18. The number of hydrogen-bond acceptors (Lipinski definition) is 2. The fourth-order valence-corrected chi connectivity index (χ4v) is 3.94. The van der Waals surface area contributed by atoms with Gasteiger partial charge in [-0.05, 0) is 24.2 Å². The largest absolute Gasteiger partial charge is 0.466 e. The van der Waals surface area contributed by atoms with E-state index in [-0.39, 0.29) is 11.4 Å². The number of ether oxygens (including phenoxy) is 1. The Labute approximate surface area is 171 Å². The summed E-state index contributed by atoms with van der Waals surface area (Å²) < 4.78 is 5.40. The van der Waals surface area contributed by atoms with Gasteiger partial charge in [-0.1, -0.05) is 118 Å². The lowest BCUT2D eigenvalue weighted by Crippen LogP contribution is -2.16. The Hall–Kier alpha value is -0.530. The molecule has 0 radical (unpaired) electrons. The summed E-state index contributed by atoms with van der Waals surface area (Å²) in [6.45, 7) is 11.7. The van der Waals surface area contributed by atoms with Gasteiger partial charge in [0.1, 0.15) is 0 Å². The number of carbonyl (C=O) groups is 1. The summed E-state index contributed by atoms with van der Waals surface area (Å²) in [7, 11) is 0. The molecule has 0 aromatic rings. The van der Waals surface area contributed by atoms with Gasteiger partial charge >= 0.3 is 5.97 Å². The molecule has 162 valence electrons. The maximum atomic E-state index is 11.9. The molecule has 0 N–H and O–H groups in total. The molecule has 0 saturated carbocycles. The van der Waals surface area contributed by atoms with Gasteiger partial charge in [-0.15, -0.1) is 0 Å². The minimum Gasteiger partial charge on any atom is -0.466 e. The van der Waals surface area contributed by atoms with Gasteiger partial charge < -0.3 is 4.74 Å². The van der Waals surface area contributed by atoms with Crippen LogP contribution in [0.2, 0.25) is 0 Å².